The van der Waals surface area contributed by atoms with Crippen LogP contribution in [0.1, 0.15) is 5.56 Å². The monoisotopic (exact) mass is 163 g/mol. The molecule has 0 saturated carbocycles. The van der Waals surface area contributed by atoms with Gasteiger partial charge in [-0.2, -0.15) is 0 Å². The molecule has 0 saturated heterocycles. The maximum atomic E-state index is 4.89. The summed E-state index contributed by atoms with van der Waals surface area (Å²) in [7, 11) is 0. The van der Waals surface area contributed by atoms with Crippen LogP contribution < -0.4 is 4.90 Å². The summed E-state index contributed by atoms with van der Waals surface area (Å²) in [6, 6.07) is 8.40. The van der Waals surface area contributed by atoms with Gasteiger partial charge in [0.05, 0.1) is 5.49 Å². The van der Waals surface area contributed by atoms with E-state index in [1.165, 1.54) is 11.3 Å². The fourth-order valence-corrected chi connectivity index (χ4v) is 1.69. The Morgan fingerprint density at radius 1 is 1.36 bits per heavy atom. The van der Waals surface area contributed by atoms with E-state index < -0.39 is 0 Å². The van der Waals surface area contributed by atoms with Gasteiger partial charge in [-0.05, 0) is 18.1 Å². The first-order chi connectivity index (χ1) is 5.42. The van der Waals surface area contributed by atoms with Crippen molar-refractivity contribution in [1.82, 2.24) is 0 Å². The minimum atomic E-state index is 1.04. The summed E-state index contributed by atoms with van der Waals surface area (Å²) in [5.41, 5.74) is 4.42. The van der Waals surface area contributed by atoms with Crippen molar-refractivity contribution in [3.05, 3.63) is 29.8 Å². The minimum Gasteiger partial charge on any atom is -0.338 e. The van der Waals surface area contributed by atoms with Gasteiger partial charge in [-0.25, -0.2) is 0 Å². The third-order valence-corrected chi connectivity index (χ3v) is 2.30. The molecule has 1 aromatic rings. The molecule has 0 aromatic heterocycles. The second kappa shape index (κ2) is 2.62. The van der Waals surface area contributed by atoms with Gasteiger partial charge in [0.2, 0.25) is 0 Å². The van der Waals surface area contributed by atoms with Gasteiger partial charge in [-0.3, -0.25) is 0 Å². The Morgan fingerprint density at radius 3 is 3.00 bits per heavy atom. The van der Waals surface area contributed by atoms with E-state index in [1.807, 2.05) is 0 Å². The predicted molar refractivity (Wildman–Crippen MR) is 51.1 cm³/mol. The zero-order chi connectivity index (χ0) is 7.68. The molecule has 1 heterocycles. The van der Waals surface area contributed by atoms with E-state index in [0.29, 0.717) is 0 Å². The molecule has 1 aliphatic rings. The number of para-hydroxylation sites is 1. The van der Waals surface area contributed by atoms with E-state index >= 15 is 0 Å². The van der Waals surface area contributed by atoms with Crippen LogP contribution in [0.3, 0.4) is 0 Å². The zero-order valence-corrected chi connectivity index (χ0v) is 6.97. The Balaban J connectivity index is 2.46. The van der Waals surface area contributed by atoms with Crippen molar-refractivity contribution in [2.24, 2.45) is 0 Å². The Bertz CT molecular complexity index is 283. The number of nitrogens with zero attached hydrogens (tertiary/aromatic N) is 1. The molecule has 0 unspecified atom stereocenters. The third kappa shape index (κ3) is 1.03. The number of hydrogen-bond donors (Lipinski definition) is 0. The van der Waals surface area contributed by atoms with Crippen molar-refractivity contribution in [2.75, 3.05) is 11.4 Å². The highest BCUT2D eigenvalue weighted by Gasteiger charge is 2.15. The van der Waals surface area contributed by atoms with Gasteiger partial charge in [-0.1, -0.05) is 30.4 Å². The molecule has 0 bridgehead atoms. The molecule has 0 radical (unpaired) electrons. The summed E-state index contributed by atoms with van der Waals surface area (Å²) in [5.74, 6) is 0. The van der Waals surface area contributed by atoms with E-state index in [9.17, 15) is 0 Å². The maximum Gasteiger partial charge on any atom is 0.0685 e. The highest BCUT2D eigenvalue weighted by molar-refractivity contribution is 7.79. The molecule has 56 valence electrons. The van der Waals surface area contributed by atoms with Crippen LogP contribution in [0.5, 0.6) is 0 Å². The fraction of sp³-hybridized carbons (Fsp3) is 0.222. The van der Waals surface area contributed by atoms with Crippen LogP contribution in [-0.2, 0) is 6.42 Å². The van der Waals surface area contributed by atoms with E-state index in [0.717, 1.165) is 13.0 Å². The van der Waals surface area contributed by atoms with Crippen LogP contribution in [-0.4, -0.2) is 12.0 Å². The molecule has 0 amide bonds. The summed E-state index contributed by atoms with van der Waals surface area (Å²) in [6.45, 7) is 1.04. The minimum absolute atomic E-state index is 1.04. The molecule has 0 atom stereocenters. The molecular weight excluding hydrogens is 154 g/mol. The number of thiocarbonyl (C=S) groups is 1. The Kier molecular flexibility index (Phi) is 1.62. The quantitative estimate of drug-likeness (QED) is 0.583. The third-order valence-electron chi connectivity index (χ3n) is 2.05. The van der Waals surface area contributed by atoms with Crippen LogP contribution in [0.2, 0.25) is 0 Å². The molecule has 0 spiro atoms. The number of rotatable bonds is 1. The first-order valence-corrected chi connectivity index (χ1v) is 4.19. The van der Waals surface area contributed by atoms with Gasteiger partial charge in [0.25, 0.3) is 0 Å². The molecule has 1 nitrogen and oxygen atoms in total. The van der Waals surface area contributed by atoms with Crippen LogP contribution >= 0.6 is 12.2 Å². The van der Waals surface area contributed by atoms with Gasteiger partial charge < -0.3 is 4.90 Å². The lowest BCUT2D eigenvalue weighted by molar-refractivity contribution is 1.04. The van der Waals surface area contributed by atoms with Gasteiger partial charge in [-0.15, -0.1) is 0 Å². The molecule has 11 heavy (non-hydrogen) atoms. The number of benzene rings is 1. The first kappa shape index (κ1) is 6.80. The SMILES string of the molecule is S=CN1CCc2ccccc21. The molecule has 1 aliphatic heterocycles. The van der Waals surface area contributed by atoms with Gasteiger partial charge in [0.1, 0.15) is 0 Å². The predicted octanol–water partition coefficient (Wildman–Crippen LogP) is 2.01. The van der Waals surface area contributed by atoms with Gasteiger partial charge in [0.15, 0.2) is 0 Å². The summed E-state index contributed by atoms with van der Waals surface area (Å²) in [5, 5.41) is 0. The van der Waals surface area contributed by atoms with E-state index in [2.05, 4.69) is 29.2 Å². The number of anilines is 1. The zero-order valence-electron chi connectivity index (χ0n) is 6.16. The molecule has 0 aliphatic carbocycles. The lowest BCUT2D eigenvalue weighted by Gasteiger charge is -2.10. The number of fused-ring (bicyclic) bond motifs is 1. The van der Waals surface area contributed by atoms with E-state index in [-0.39, 0.29) is 0 Å². The van der Waals surface area contributed by atoms with Crippen molar-refractivity contribution in [3.8, 4) is 0 Å². The number of hydrogen-bond acceptors (Lipinski definition) is 1. The second-order valence-corrected chi connectivity index (χ2v) is 2.89. The first-order valence-electron chi connectivity index (χ1n) is 3.71. The highest BCUT2D eigenvalue weighted by atomic mass is 32.1. The Labute approximate surface area is 71.6 Å². The topological polar surface area (TPSA) is 3.24 Å². The smallest absolute Gasteiger partial charge is 0.0685 e. The average molecular weight is 163 g/mol. The average Bonchev–Trinajstić information content (AvgIpc) is 2.47. The summed E-state index contributed by atoms with van der Waals surface area (Å²) < 4.78 is 0. The van der Waals surface area contributed by atoms with E-state index in [1.54, 1.807) is 5.49 Å². The Hall–Kier alpha value is -0.890. The van der Waals surface area contributed by atoms with Crippen molar-refractivity contribution in [3.63, 3.8) is 0 Å². The maximum absolute atomic E-state index is 4.89. The van der Waals surface area contributed by atoms with Gasteiger partial charge in [0, 0.05) is 12.2 Å². The van der Waals surface area contributed by atoms with Crippen molar-refractivity contribution in [2.45, 2.75) is 6.42 Å². The molecule has 2 rings (SSSR count). The normalized spacial score (nSPS) is 14.7. The standard InChI is InChI=1S/C9H9NS/c11-7-10-6-5-8-3-1-2-4-9(8)10/h1-4,7H,5-6H2. The lowest BCUT2D eigenvalue weighted by Crippen LogP contribution is -2.15. The van der Waals surface area contributed by atoms with Crippen LogP contribution in [0.4, 0.5) is 5.69 Å². The van der Waals surface area contributed by atoms with Crippen LogP contribution in [0.25, 0.3) is 0 Å². The van der Waals surface area contributed by atoms with Gasteiger partial charge >= 0.3 is 0 Å². The van der Waals surface area contributed by atoms with Crippen molar-refractivity contribution >= 4 is 23.4 Å². The Morgan fingerprint density at radius 2 is 2.18 bits per heavy atom. The van der Waals surface area contributed by atoms with Crippen LogP contribution in [0.15, 0.2) is 24.3 Å². The second-order valence-electron chi connectivity index (χ2n) is 2.68. The molecule has 1 aromatic carbocycles. The van der Waals surface area contributed by atoms with Crippen molar-refractivity contribution < 1.29 is 0 Å². The fourth-order valence-electron chi connectivity index (χ4n) is 1.47. The summed E-state index contributed by atoms with van der Waals surface area (Å²) >= 11 is 4.89. The molecule has 0 fully saturated rings. The molecular formula is C9H9NS. The molecule has 0 N–H and O–H groups in total. The lowest BCUT2D eigenvalue weighted by atomic mass is 10.2. The summed E-state index contributed by atoms with van der Waals surface area (Å²) in [6.07, 6.45) is 1.13. The summed E-state index contributed by atoms with van der Waals surface area (Å²) in [4.78, 5) is 2.12. The van der Waals surface area contributed by atoms with Crippen molar-refractivity contribution in [1.29, 1.82) is 0 Å². The largest absolute Gasteiger partial charge is 0.338 e. The molecule has 2 heteroatoms. The van der Waals surface area contributed by atoms with E-state index in [4.69, 9.17) is 12.2 Å². The highest BCUT2D eigenvalue weighted by Crippen LogP contribution is 2.25. The van der Waals surface area contributed by atoms with Crippen LogP contribution in [0, 0.1) is 0 Å².